The third kappa shape index (κ3) is 2.66. The molecule has 114 valence electrons. The quantitative estimate of drug-likeness (QED) is 0.486. The van der Waals surface area contributed by atoms with Gasteiger partial charge < -0.3 is 4.98 Å². The fourth-order valence-corrected chi connectivity index (χ4v) is 3.56. The first-order chi connectivity index (χ1) is 11.1. The largest absolute Gasteiger partial charge is 0.339 e. The summed E-state index contributed by atoms with van der Waals surface area (Å²) in [7, 11) is 0. The summed E-state index contributed by atoms with van der Waals surface area (Å²) in [6, 6.07) is 17.3. The van der Waals surface area contributed by atoms with Crippen LogP contribution in [0.1, 0.15) is 22.4 Å². The van der Waals surface area contributed by atoms with Crippen LogP contribution < -0.4 is 0 Å². The van der Waals surface area contributed by atoms with Crippen molar-refractivity contribution in [2.45, 2.75) is 20.3 Å². The molecule has 0 unspecified atom stereocenters. The van der Waals surface area contributed by atoms with E-state index in [1.807, 2.05) is 0 Å². The fourth-order valence-electron chi connectivity index (χ4n) is 3.12. The Morgan fingerprint density at radius 3 is 2.70 bits per heavy atom. The van der Waals surface area contributed by atoms with Crippen molar-refractivity contribution in [1.29, 1.82) is 0 Å². The van der Waals surface area contributed by atoms with Crippen molar-refractivity contribution in [3.63, 3.8) is 0 Å². The van der Waals surface area contributed by atoms with Crippen molar-refractivity contribution in [2.75, 3.05) is 0 Å². The molecular formula is C20H17BrN2. The number of fused-ring (bicyclic) bond motifs is 3. The second-order valence-corrected chi connectivity index (χ2v) is 7.03. The number of aromatic amines is 1. The van der Waals surface area contributed by atoms with E-state index in [0.717, 1.165) is 27.8 Å². The van der Waals surface area contributed by atoms with Crippen molar-refractivity contribution in [3.8, 4) is 0 Å². The number of H-pyrrole nitrogens is 1. The highest BCUT2D eigenvalue weighted by molar-refractivity contribution is 9.10. The molecule has 23 heavy (non-hydrogen) atoms. The highest BCUT2D eigenvalue weighted by Crippen LogP contribution is 2.28. The molecule has 0 bridgehead atoms. The number of aromatic nitrogens is 2. The van der Waals surface area contributed by atoms with Gasteiger partial charge in [0, 0.05) is 26.5 Å². The second-order valence-electron chi connectivity index (χ2n) is 6.11. The van der Waals surface area contributed by atoms with Gasteiger partial charge in [0.15, 0.2) is 0 Å². The second kappa shape index (κ2) is 5.50. The molecule has 0 amide bonds. The molecule has 2 nitrogen and oxygen atoms in total. The molecule has 0 aliphatic carbocycles. The maximum atomic E-state index is 4.79. The highest BCUT2D eigenvalue weighted by Gasteiger charge is 2.10. The van der Waals surface area contributed by atoms with E-state index in [-0.39, 0.29) is 0 Å². The Morgan fingerprint density at radius 1 is 1.00 bits per heavy atom. The standard InChI is InChI=1S/C20H17BrN2/c1-12-6-7-17-18-11-15(9-14-4-3-5-16(21)10-14)13(2)22-20(18)23-19(17)8-12/h3-8,10-11H,9H2,1-2H3,(H,22,23). The lowest BCUT2D eigenvalue weighted by Gasteiger charge is -2.06. The molecule has 0 fully saturated rings. The van der Waals surface area contributed by atoms with Crippen LogP contribution in [0.5, 0.6) is 0 Å². The number of pyridine rings is 1. The summed E-state index contributed by atoms with van der Waals surface area (Å²) in [6.07, 6.45) is 0.896. The van der Waals surface area contributed by atoms with Crippen LogP contribution >= 0.6 is 15.9 Å². The summed E-state index contributed by atoms with van der Waals surface area (Å²) in [5, 5.41) is 2.45. The van der Waals surface area contributed by atoms with Crippen LogP contribution in [0.3, 0.4) is 0 Å². The van der Waals surface area contributed by atoms with Crippen LogP contribution in [0, 0.1) is 13.8 Å². The van der Waals surface area contributed by atoms with Gasteiger partial charge in [-0.05, 0) is 61.2 Å². The zero-order valence-electron chi connectivity index (χ0n) is 13.2. The molecule has 0 aliphatic rings. The van der Waals surface area contributed by atoms with Crippen LogP contribution in [0.25, 0.3) is 21.9 Å². The van der Waals surface area contributed by atoms with Gasteiger partial charge in [0.05, 0.1) is 0 Å². The van der Waals surface area contributed by atoms with E-state index in [0.29, 0.717) is 0 Å². The van der Waals surface area contributed by atoms with Crippen molar-refractivity contribution >= 4 is 37.9 Å². The third-order valence-electron chi connectivity index (χ3n) is 4.32. The molecule has 0 saturated carbocycles. The van der Waals surface area contributed by atoms with E-state index in [4.69, 9.17) is 4.98 Å². The monoisotopic (exact) mass is 364 g/mol. The number of aryl methyl sites for hydroxylation is 2. The Morgan fingerprint density at radius 2 is 1.87 bits per heavy atom. The number of nitrogens with one attached hydrogen (secondary N) is 1. The minimum absolute atomic E-state index is 0.896. The third-order valence-corrected chi connectivity index (χ3v) is 4.81. The van der Waals surface area contributed by atoms with Gasteiger partial charge in [-0.2, -0.15) is 0 Å². The summed E-state index contributed by atoms with van der Waals surface area (Å²) in [5.74, 6) is 0. The predicted molar refractivity (Wildman–Crippen MR) is 100 cm³/mol. The Balaban J connectivity index is 1.86. The summed E-state index contributed by atoms with van der Waals surface area (Å²) in [5.41, 5.74) is 7.04. The fraction of sp³-hybridized carbons (Fsp3) is 0.150. The predicted octanol–water partition coefficient (Wildman–Crippen LogP) is 5.69. The summed E-state index contributed by atoms with van der Waals surface area (Å²) < 4.78 is 1.12. The Bertz CT molecular complexity index is 1030. The smallest absolute Gasteiger partial charge is 0.138 e. The lowest BCUT2D eigenvalue weighted by atomic mass is 10.0. The number of nitrogens with zero attached hydrogens (tertiary/aromatic N) is 1. The van der Waals surface area contributed by atoms with E-state index >= 15 is 0 Å². The first kappa shape index (κ1) is 14.5. The van der Waals surface area contributed by atoms with Crippen molar-refractivity contribution in [3.05, 3.63) is 75.4 Å². The Labute approximate surface area is 143 Å². The maximum Gasteiger partial charge on any atom is 0.138 e. The van der Waals surface area contributed by atoms with Crippen LogP contribution in [0.15, 0.2) is 53.0 Å². The molecule has 1 N–H and O–H groups in total. The number of rotatable bonds is 2. The number of benzene rings is 2. The minimum Gasteiger partial charge on any atom is -0.339 e. The van der Waals surface area contributed by atoms with Crippen molar-refractivity contribution in [2.24, 2.45) is 0 Å². The van der Waals surface area contributed by atoms with E-state index in [1.54, 1.807) is 0 Å². The number of hydrogen-bond donors (Lipinski definition) is 1. The summed E-state index contributed by atoms with van der Waals surface area (Å²) in [4.78, 5) is 8.24. The Kier molecular flexibility index (Phi) is 3.46. The summed E-state index contributed by atoms with van der Waals surface area (Å²) in [6.45, 7) is 4.20. The topological polar surface area (TPSA) is 28.7 Å². The van der Waals surface area contributed by atoms with Gasteiger partial charge in [-0.25, -0.2) is 4.98 Å². The Hall–Kier alpha value is -2.13. The molecule has 0 atom stereocenters. The van der Waals surface area contributed by atoms with Crippen molar-refractivity contribution in [1.82, 2.24) is 9.97 Å². The van der Waals surface area contributed by atoms with Crippen molar-refractivity contribution < 1.29 is 0 Å². The normalized spacial score (nSPS) is 11.4. The van der Waals surface area contributed by atoms with Crippen LogP contribution in [-0.4, -0.2) is 9.97 Å². The molecule has 0 spiro atoms. The average Bonchev–Trinajstić information content (AvgIpc) is 2.84. The van der Waals surface area contributed by atoms with Gasteiger partial charge in [-0.15, -0.1) is 0 Å². The maximum absolute atomic E-state index is 4.79. The molecule has 2 aromatic heterocycles. The van der Waals surface area contributed by atoms with E-state index in [1.165, 1.54) is 27.5 Å². The molecular weight excluding hydrogens is 348 g/mol. The molecule has 4 rings (SSSR count). The first-order valence-corrected chi connectivity index (χ1v) is 8.52. The first-order valence-electron chi connectivity index (χ1n) is 7.73. The van der Waals surface area contributed by atoms with Gasteiger partial charge >= 0.3 is 0 Å². The minimum atomic E-state index is 0.896. The van der Waals surface area contributed by atoms with Gasteiger partial charge in [0.25, 0.3) is 0 Å². The lowest BCUT2D eigenvalue weighted by Crippen LogP contribution is -1.95. The van der Waals surface area contributed by atoms with Crippen LogP contribution in [0.2, 0.25) is 0 Å². The number of halogens is 1. The number of hydrogen-bond acceptors (Lipinski definition) is 1. The molecule has 2 aromatic carbocycles. The lowest BCUT2D eigenvalue weighted by molar-refractivity contribution is 1.10. The molecule has 4 aromatic rings. The zero-order chi connectivity index (χ0) is 16.0. The van der Waals surface area contributed by atoms with E-state index in [2.05, 4.69) is 83.3 Å². The van der Waals surface area contributed by atoms with Crippen LogP contribution in [-0.2, 0) is 6.42 Å². The zero-order valence-corrected chi connectivity index (χ0v) is 14.7. The van der Waals surface area contributed by atoms with E-state index in [9.17, 15) is 0 Å². The summed E-state index contributed by atoms with van der Waals surface area (Å²) >= 11 is 3.55. The molecule has 3 heteroatoms. The molecule has 0 aliphatic heterocycles. The van der Waals surface area contributed by atoms with Gasteiger partial charge in [-0.3, -0.25) is 0 Å². The SMILES string of the molecule is Cc1ccc2c(c1)[nH]c1nc(C)c(Cc3cccc(Br)c3)cc12. The van der Waals surface area contributed by atoms with Gasteiger partial charge in [-0.1, -0.05) is 40.2 Å². The van der Waals surface area contributed by atoms with E-state index < -0.39 is 0 Å². The van der Waals surface area contributed by atoms with Crippen LogP contribution in [0.4, 0.5) is 0 Å². The molecule has 0 saturated heterocycles. The average molecular weight is 365 g/mol. The highest BCUT2D eigenvalue weighted by atomic mass is 79.9. The molecule has 2 heterocycles. The van der Waals surface area contributed by atoms with Gasteiger partial charge in [0.2, 0.25) is 0 Å². The molecule has 0 radical (unpaired) electrons. The van der Waals surface area contributed by atoms with Gasteiger partial charge in [0.1, 0.15) is 5.65 Å².